The zero-order chi connectivity index (χ0) is 22.2. The van der Waals surface area contributed by atoms with Crippen molar-refractivity contribution >= 4 is 29.1 Å². The Morgan fingerprint density at radius 2 is 1.52 bits per heavy atom. The van der Waals surface area contributed by atoms with Crippen molar-refractivity contribution in [2.45, 2.75) is 6.54 Å². The van der Waals surface area contributed by atoms with Gasteiger partial charge in [-0.3, -0.25) is 14.4 Å². The first-order chi connectivity index (χ1) is 14.9. The molecular weight excluding hydrogens is 396 g/mol. The average Bonchev–Trinajstić information content (AvgIpc) is 3.30. The molecule has 160 valence electrons. The average molecular weight is 420 g/mol. The van der Waals surface area contributed by atoms with E-state index in [9.17, 15) is 14.4 Å². The summed E-state index contributed by atoms with van der Waals surface area (Å²) in [6, 6.07) is 17.1. The molecule has 8 heteroatoms. The molecule has 0 fully saturated rings. The lowest BCUT2D eigenvalue weighted by Crippen LogP contribution is -2.23. The molecule has 0 saturated carbocycles. The molecule has 0 saturated heterocycles. The number of furan rings is 1. The first kappa shape index (κ1) is 21.6. The van der Waals surface area contributed by atoms with Crippen LogP contribution in [0.3, 0.4) is 0 Å². The van der Waals surface area contributed by atoms with Crippen LogP contribution in [0.5, 0.6) is 0 Å². The fraction of sp³-hybridized carbons (Fsp3) is 0.174. The van der Waals surface area contributed by atoms with Gasteiger partial charge in [0.15, 0.2) is 0 Å². The predicted octanol–water partition coefficient (Wildman–Crippen LogP) is 2.96. The summed E-state index contributed by atoms with van der Waals surface area (Å²) in [5.41, 5.74) is 2.37. The van der Waals surface area contributed by atoms with Crippen molar-refractivity contribution in [3.05, 3.63) is 83.8 Å². The van der Waals surface area contributed by atoms with Crippen molar-refractivity contribution in [1.29, 1.82) is 0 Å². The van der Waals surface area contributed by atoms with Crippen LogP contribution in [0.4, 0.5) is 11.4 Å². The Kier molecular flexibility index (Phi) is 7.05. The number of nitrogens with one attached hydrogen (secondary N) is 3. The monoisotopic (exact) mass is 420 g/mol. The molecule has 8 nitrogen and oxygen atoms in total. The topological polar surface area (TPSA) is 104 Å². The first-order valence-corrected chi connectivity index (χ1v) is 9.68. The van der Waals surface area contributed by atoms with E-state index in [1.807, 2.05) is 0 Å². The maximum absolute atomic E-state index is 12.2. The van der Waals surface area contributed by atoms with E-state index in [4.69, 9.17) is 4.42 Å². The summed E-state index contributed by atoms with van der Waals surface area (Å²) in [7, 11) is 3.37. The van der Waals surface area contributed by atoms with Gasteiger partial charge in [-0.25, -0.2) is 0 Å². The maximum atomic E-state index is 12.2. The highest BCUT2D eigenvalue weighted by Crippen LogP contribution is 2.12. The van der Waals surface area contributed by atoms with E-state index in [1.54, 1.807) is 81.0 Å². The number of nitrogens with zero attached hydrogens (tertiary/aromatic N) is 1. The Bertz CT molecular complexity index is 1030. The summed E-state index contributed by atoms with van der Waals surface area (Å²) in [4.78, 5) is 37.7. The third kappa shape index (κ3) is 6.20. The normalized spacial score (nSPS) is 10.3. The van der Waals surface area contributed by atoms with Crippen molar-refractivity contribution < 1.29 is 18.8 Å². The second-order valence-electron chi connectivity index (χ2n) is 7.02. The molecule has 0 radical (unpaired) electrons. The van der Waals surface area contributed by atoms with Crippen molar-refractivity contribution in [3.63, 3.8) is 0 Å². The zero-order valence-corrected chi connectivity index (χ0v) is 17.3. The maximum Gasteiger partial charge on any atom is 0.253 e. The second-order valence-corrected chi connectivity index (χ2v) is 7.02. The molecule has 0 aliphatic carbocycles. The van der Waals surface area contributed by atoms with Crippen molar-refractivity contribution in [2.24, 2.45) is 0 Å². The minimum Gasteiger partial charge on any atom is -0.467 e. The van der Waals surface area contributed by atoms with Gasteiger partial charge in [-0.05, 0) is 60.7 Å². The Labute approximate surface area is 180 Å². The molecule has 3 rings (SSSR count). The van der Waals surface area contributed by atoms with E-state index in [-0.39, 0.29) is 24.3 Å². The third-order valence-corrected chi connectivity index (χ3v) is 4.43. The van der Waals surface area contributed by atoms with Crippen LogP contribution in [0.1, 0.15) is 26.5 Å². The van der Waals surface area contributed by atoms with Gasteiger partial charge in [-0.2, -0.15) is 0 Å². The van der Waals surface area contributed by atoms with E-state index >= 15 is 0 Å². The van der Waals surface area contributed by atoms with E-state index in [1.165, 1.54) is 4.90 Å². The Morgan fingerprint density at radius 1 is 0.871 bits per heavy atom. The van der Waals surface area contributed by atoms with Crippen LogP contribution in [0.25, 0.3) is 0 Å². The number of amides is 3. The summed E-state index contributed by atoms with van der Waals surface area (Å²) in [5.74, 6) is 0.137. The fourth-order valence-electron chi connectivity index (χ4n) is 2.76. The van der Waals surface area contributed by atoms with E-state index in [2.05, 4.69) is 16.0 Å². The van der Waals surface area contributed by atoms with E-state index in [0.717, 1.165) is 0 Å². The van der Waals surface area contributed by atoms with Gasteiger partial charge in [0.25, 0.3) is 11.8 Å². The van der Waals surface area contributed by atoms with Crippen LogP contribution in [0.2, 0.25) is 0 Å². The molecule has 0 spiro atoms. The van der Waals surface area contributed by atoms with E-state index < -0.39 is 0 Å². The highest BCUT2D eigenvalue weighted by atomic mass is 16.3. The number of hydrogen-bond acceptors (Lipinski definition) is 5. The van der Waals surface area contributed by atoms with Crippen molar-refractivity contribution in [1.82, 2.24) is 10.2 Å². The van der Waals surface area contributed by atoms with Gasteiger partial charge in [0.1, 0.15) is 5.76 Å². The number of carbonyl (C=O) groups excluding carboxylic acids is 3. The standard InChI is InChI=1S/C23H24N4O4/c1-27(2)23(30)17-7-11-19(12-8-17)26-21(28)15-24-18-9-5-16(6-10-18)22(29)25-14-20-4-3-13-31-20/h3-13,24H,14-15H2,1-2H3,(H,25,29)(H,26,28). The predicted molar refractivity (Wildman–Crippen MR) is 118 cm³/mol. The van der Waals surface area contributed by atoms with Crippen molar-refractivity contribution in [2.75, 3.05) is 31.3 Å². The second kappa shape index (κ2) is 10.1. The Hall–Kier alpha value is -4.07. The number of hydrogen-bond donors (Lipinski definition) is 3. The number of benzene rings is 2. The fourth-order valence-corrected chi connectivity index (χ4v) is 2.76. The van der Waals surface area contributed by atoms with Crippen LogP contribution in [0, 0.1) is 0 Å². The van der Waals surface area contributed by atoms with Crippen LogP contribution in [-0.4, -0.2) is 43.3 Å². The lowest BCUT2D eigenvalue weighted by Gasteiger charge is -2.11. The van der Waals surface area contributed by atoms with Crippen LogP contribution < -0.4 is 16.0 Å². The van der Waals surface area contributed by atoms with Crippen LogP contribution in [0.15, 0.2) is 71.3 Å². The molecule has 31 heavy (non-hydrogen) atoms. The molecule has 0 bridgehead atoms. The summed E-state index contributed by atoms with van der Waals surface area (Å²) in [6.45, 7) is 0.374. The highest BCUT2D eigenvalue weighted by molar-refractivity contribution is 5.97. The lowest BCUT2D eigenvalue weighted by atomic mass is 10.2. The molecule has 3 aromatic rings. The van der Waals surface area contributed by atoms with Crippen molar-refractivity contribution in [3.8, 4) is 0 Å². The van der Waals surface area contributed by atoms with Gasteiger partial charge in [-0.15, -0.1) is 0 Å². The SMILES string of the molecule is CN(C)C(=O)c1ccc(NC(=O)CNc2ccc(C(=O)NCc3ccco3)cc2)cc1. The number of carbonyl (C=O) groups is 3. The van der Waals surface area contributed by atoms with Gasteiger partial charge in [0.2, 0.25) is 5.91 Å². The number of anilines is 2. The summed E-state index contributed by atoms with van der Waals surface area (Å²) < 4.78 is 5.18. The van der Waals surface area contributed by atoms with Gasteiger partial charge < -0.3 is 25.3 Å². The Balaban J connectivity index is 1.45. The van der Waals surface area contributed by atoms with Gasteiger partial charge >= 0.3 is 0 Å². The number of rotatable bonds is 8. The molecule has 2 aromatic carbocycles. The summed E-state index contributed by atoms with van der Waals surface area (Å²) in [5, 5.41) is 8.55. The molecule has 0 unspecified atom stereocenters. The first-order valence-electron chi connectivity index (χ1n) is 9.68. The zero-order valence-electron chi connectivity index (χ0n) is 17.3. The van der Waals surface area contributed by atoms with Gasteiger partial charge in [-0.1, -0.05) is 0 Å². The summed E-state index contributed by atoms with van der Waals surface area (Å²) >= 11 is 0. The molecule has 0 atom stereocenters. The molecular formula is C23H24N4O4. The molecule has 1 heterocycles. The minimum atomic E-state index is -0.230. The van der Waals surface area contributed by atoms with E-state index in [0.29, 0.717) is 34.8 Å². The molecule has 3 amide bonds. The molecule has 3 N–H and O–H groups in total. The third-order valence-electron chi connectivity index (χ3n) is 4.43. The smallest absolute Gasteiger partial charge is 0.253 e. The largest absolute Gasteiger partial charge is 0.467 e. The molecule has 0 aliphatic rings. The van der Waals surface area contributed by atoms with Gasteiger partial charge in [0, 0.05) is 36.6 Å². The van der Waals surface area contributed by atoms with Crippen LogP contribution in [-0.2, 0) is 11.3 Å². The molecule has 0 aliphatic heterocycles. The highest BCUT2D eigenvalue weighted by Gasteiger charge is 2.09. The molecule has 1 aromatic heterocycles. The lowest BCUT2D eigenvalue weighted by molar-refractivity contribution is -0.114. The van der Waals surface area contributed by atoms with Crippen LogP contribution >= 0.6 is 0 Å². The minimum absolute atomic E-state index is 0.0580. The van der Waals surface area contributed by atoms with Gasteiger partial charge in [0.05, 0.1) is 19.4 Å². The quantitative estimate of drug-likeness (QED) is 0.520. The Morgan fingerprint density at radius 3 is 2.13 bits per heavy atom. The summed E-state index contributed by atoms with van der Waals surface area (Å²) in [6.07, 6.45) is 1.55.